The number of hydrogen-bond acceptors (Lipinski definition) is 5. The highest BCUT2D eigenvalue weighted by Crippen LogP contribution is 2.20. The molecule has 1 fully saturated rings. The lowest BCUT2D eigenvalue weighted by atomic mass is 10.0. The monoisotopic (exact) mass is 360 g/mol. The van der Waals surface area contributed by atoms with Gasteiger partial charge in [-0.1, -0.05) is 11.2 Å². The summed E-state index contributed by atoms with van der Waals surface area (Å²) < 4.78 is 18.5. The third-order valence-corrected chi connectivity index (χ3v) is 4.23. The number of aromatic nitrogens is 2. The highest BCUT2D eigenvalue weighted by molar-refractivity contribution is 5.80. The number of rotatable bonds is 5. The van der Waals surface area contributed by atoms with E-state index in [1.54, 1.807) is 19.1 Å². The average molecular weight is 360 g/mol. The molecule has 0 amide bonds. The van der Waals surface area contributed by atoms with Crippen molar-refractivity contribution in [2.45, 2.75) is 39.3 Å². The number of aliphatic imine (C=N–C) groups is 1. The Morgan fingerprint density at radius 2 is 2.35 bits per heavy atom. The molecule has 2 heterocycles. The smallest absolute Gasteiger partial charge is 0.223 e. The molecule has 26 heavy (non-hydrogen) atoms. The van der Waals surface area contributed by atoms with Crippen molar-refractivity contribution in [1.29, 1.82) is 0 Å². The van der Waals surface area contributed by atoms with Gasteiger partial charge in [0.25, 0.3) is 0 Å². The van der Waals surface area contributed by atoms with E-state index in [1.807, 2.05) is 13.0 Å². The van der Waals surface area contributed by atoms with Crippen LogP contribution in [0.5, 0.6) is 0 Å². The molecule has 1 aliphatic rings. The van der Waals surface area contributed by atoms with Crippen LogP contribution in [-0.2, 0) is 6.54 Å². The summed E-state index contributed by atoms with van der Waals surface area (Å²) in [5.41, 5.74) is 0.917. The number of aryl methyl sites for hydroxylation is 1. The van der Waals surface area contributed by atoms with E-state index in [-0.39, 0.29) is 11.9 Å². The molecule has 7 nitrogen and oxygen atoms in total. The van der Waals surface area contributed by atoms with Crippen molar-refractivity contribution in [2.75, 3.05) is 24.5 Å². The van der Waals surface area contributed by atoms with Gasteiger partial charge in [-0.05, 0) is 38.0 Å². The summed E-state index contributed by atoms with van der Waals surface area (Å²) in [7, 11) is 0. The van der Waals surface area contributed by atoms with Crippen LogP contribution in [0.2, 0.25) is 0 Å². The molecule has 1 aliphatic heterocycles. The van der Waals surface area contributed by atoms with Crippen LogP contribution in [0.1, 0.15) is 31.5 Å². The summed E-state index contributed by atoms with van der Waals surface area (Å²) in [5, 5.41) is 10.6. The van der Waals surface area contributed by atoms with E-state index in [1.165, 1.54) is 6.07 Å². The Morgan fingerprint density at radius 3 is 3.08 bits per heavy atom. The first-order valence-electron chi connectivity index (χ1n) is 8.98. The minimum absolute atomic E-state index is 0.206. The minimum atomic E-state index is -0.206. The van der Waals surface area contributed by atoms with Gasteiger partial charge in [-0.15, -0.1) is 0 Å². The predicted octanol–water partition coefficient (Wildman–Crippen LogP) is 2.24. The van der Waals surface area contributed by atoms with Crippen molar-refractivity contribution in [3.05, 3.63) is 41.8 Å². The third-order valence-electron chi connectivity index (χ3n) is 4.23. The molecule has 1 atom stereocenters. The molecule has 1 unspecified atom stereocenters. The van der Waals surface area contributed by atoms with E-state index in [2.05, 4.69) is 30.7 Å². The second kappa shape index (κ2) is 8.64. The molecule has 0 bridgehead atoms. The Hall–Kier alpha value is -2.64. The van der Waals surface area contributed by atoms with E-state index in [0.717, 1.165) is 44.1 Å². The summed E-state index contributed by atoms with van der Waals surface area (Å²) in [6.07, 6.45) is 2.08. The van der Waals surface area contributed by atoms with Crippen LogP contribution in [0.3, 0.4) is 0 Å². The lowest BCUT2D eigenvalue weighted by Crippen LogP contribution is -2.51. The normalized spacial score (nSPS) is 18.0. The van der Waals surface area contributed by atoms with Gasteiger partial charge in [-0.3, -0.25) is 0 Å². The van der Waals surface area contributed by atoms with Crippen LogP contribution < -0.4 is 15.5 Å². The summed E-state index contributed by atoms with van der Waals surface area (Å²) >= 11 is 0. The fraction of sp³-hybridized carbons (Fsp3) is 0.500. The van der Waals surface area contributed by atoms with Gasteiger partial charge in [-0.2, -0.15) is 4.98 Å². The fourth-order valence-corrected chi connectivity index (χ4v) is 3.07. The molecular formula is C18H25FN6O. The summed E-state index contributed by atoms with van der Waals surface area (Å²) in [6, 6.07) is 6.99. The van der Waals surface area contributed by atoms with Gasteiger partial charge in [0, 0.05) is 38.3 Å². The fourth-order valence-electron chi connectivity index (χ4n) is 3.07. The topological polar surface area (TPSA) is 78.6 Å². The molecule has 0 spiro atoms. The maximum absolute atomic E-state index is 13.5. The Morgan fingerprint density at radius 1 is 1.46 bits per heavy atom. The first kappa shape index (κ1) is 18.2. The molecule has 1 aromatic carbocycles. The average Bonchev–Trinajstić information content (AvgIpc) is 3.05. The number of piperidine rings is 1. The lowest BCUT2D eigenvalue weighted by Gasteiger charge is -2.35. The zero-order chi connectivity index (χ0) is 18.4. The van der Waals surface area contributed by atoms with Crippen LogP contribution in [0, 0.1) is 12.7 Å². The maximum Gasteiger partial charge on any atom is 0.223 e. The summed E-state index contributed by atoms with van der Waals surface area (Å²) in [6.45, 7) is 6.62. The number of nitrogens with one attached hydrogen (secondary N) is 2. The molecule has 0 aliphatic carbocycles. The Bertz CT molecular complexity index is 747. The molecule has 1 saturated heterocycles. The molecule has 0 radical (unpaired) electrons. The second-order valence-corrected chi connectivity index (χ2v) is 6.33. The van der Waals surface area contributed by atoms with Crippen LogP contribution in [0.15, 0.2) is 33.8 Å². The maximum atomic E-state index is 13.5. The third kappa shape index (κ3) is 4.93. The van der Waals surface area contributed by atoms with Crippen molar-refractivity contribution in [3.8, 4) is 0 Å². The first-order chi connectivity index (χ1) is 12.6. The van der Waals surface area contributed by atoms with E-state index in [0.29, 0.717) is 18.3 Å². The van der Waals surface area contributed by atoms with E-state index in [9.17, 15) is 4.39 Å². The SMILES string of the molecule is CCNC(=NCc1noc(C)n1)NC1CCCN(c2cccc(F)c2)C1. The van der Waals surface area contributed by atoms with Gasteiger partial charge in [-0.25, -0.2) is 9.38 Å². The Balaban J connectivity index is 1.62. The number of halogens is 1. The first-order valence-corrected chi connectivity index (χ1v) is 8.98. The highest BCUT2D eigenvalue weighted by atomic mass is 19.1. The summed E-state index contributed by atoms with van der Waals surface area (Å²) in [4.78, 5) is 10.9. The van der Waals surface area contributed by atoms with E-state index in [4.69, 9.17) is 4.52 Å². The Labute approximate surface area is 152 Å². The van der Waals surface area contributed by atoms with Gasteiger partial charge >= 0.3 is 0 Å². The molecular weight excluding hydrogens is 335 g/mol. The largest absolute Gasteiger partial charge is 0.369 e. The quantitative estimate of drug-likeness (QED) is 0.629. The number of nitrogens with zero attached hydrogens (tertiary/aromatic N) is 4. The standard InChI is InChI=1S/C18H25FN6O/c1-3-20-18(21-11-17-22-13(2)26-24-17)23-15-7-5-9-25(12-15)16-8-4-6-14(19)10-16/h4,6,8,10,15H,3,5,7,9,11-12H2,1-2H3,(H2,20,21,23). The Kier molecular flexibility index (Phi) is 6.04. The van der Waals surface area contributed by atoms with Crippen molar-refractivity contribution in [1.82, 2.24) is 20.8 Å². The molecule has 8 heteroatoms. The minimum Gasteiger partial charge on any atom is -0.369 e. The van der Waals surface area contributed by atoms with Gasteiger partial charge in [0.1, 0.15) is 12.4 Å². The van der Waals surface area contributed by atoms with E-state index >= 15 is 0 Å². The second-order valence-electron chi connectivity index (χ2n) is 6.33. The van der Waals surface area contributed by atoms with Crippen molar-refractivity contribution in [3.63, 3.8) is 0 Å². The van der Waals surface area contributed by atoms with Crippen molar-refractivity contribution < 1.29 is 8.91 Å². The van der Waals surface area contributed by atoms with Gasteiger partial charge < -0.3 is 20.1 Å². The van der Waals surface area contributed by atoms with Crippen molar-refractivity contribution in [2.24, 2.45) is 4.99 Å². The molecule has 1 aromatic heterocycles. The zero-order valence-electron chi connectivity index (χ0n) is 15.2. The summed E-state index contributed by atoms with van der Waals surface area (Å²) in [5.74, 6) is 1.61. The van der Waals surface area contributed by atoms with Gasteiger partial charge in [0.05, 0.1) is 0 Å². The van der Waals surface area contributed by atoms with Crippen molar-refractivity contribution >= 4 is 11.6 Å². The van der Waals surface area contributed by atoms with Crippen LogP contribution >= 0.6 is 0 Å². The van der Waals surface area contributed by atoms with Crippen LogP contribution in [-0.4, -0.2) is 41.8 Å². The lowest BCUT2D eigenvalue weighted by molar-refractivity contribution is 0.387. The number of anilines is 1. The number of hydrogen-bond donors (Lipinski definition) is 2. The number of benzene rings is 1. The van der Waals surface area contributed by atoms with Crippen LogP contribution in [0.4, 0.5) is 10.1 Å². The zero-order valence-corrected chi connectivity index (χ0v) is 15.2. The van der Waals surface area contributed by atoms with Crippen LogP contribution in [0.25, 0.3) is 0 Å². The molecule has 2 N–H and O–H groups in total. The molecule has 140 valence electrons. The van der Waals surface area contributed by atoms with Gasteiger partial charge in [0.2, 0.25) is 5.89 Å². The molecule has 0 saturated carbocycles. The predicted molar refractivity (Wildman–Crippen MR) is 98.6 cm³/mol. The highest BCUT2D eigenvalue weighted by Gasteiger charge is 2.21. The number of guanidine groups is 1. The molecule has 3 rings (SSSR count). The van der Waals surface area contributed by atoms with Gasteiger partial charge in [0.15, 0.2) is 11.8 Å². The van der Waals surface area contributed by atoms with E-state index < -0.39 is 0 Å². The molecule has 2 aromatic rings.